The maximum absolute atomic E-state index is 12.4. The highest BCUT2D eigenvalue weighted by Gasteiger charge is 2.33. The van der Waals surface area contributed by atoms with Crippen LogP contribution in [-0.4, -0.2) is 53.9 Å². The third-order valence-electron chi connectivity index (χ3n) is 4.06. The van der Waals surface area contributed by atoms with Crippen LogP contribution >= 0.6 is 0 Å². The molecule has 2 unspecified atom stereocenters. The second kappa shape index (κ2) is 9.02. The van der Waals surface area contributed by atoms with Gasteiger partial charge in [-0.1, -0.05) is 13.8 Å². The number of hydrogen-bond acceptors (Lipinski definition) is 5. The molecule has 0 bridgehead atoms. The first-order valence-corrected chi connectivity index (χ1v) is 8.56. The molecule has 2 heterocycles. The lowest BCUT2D eigenvalue weighted by Crippen LogP contribution is -2.58. The van der Waals surface area contributed by atoms with Crippen molar-refractivity contribution in [3.05, 3.63) is 24.0 Å². The Morgan fingerprint density at radius 3 is 2.77 bits per heavy atom. The minimum absolute atomic E-state index is 0.167. The number of ether oxygens (including phenoxy) is 1. The number of amides is 3. The van der Waals surface area contributed by atoms with Crippen LogP contribution < -0.4 is 16.0 Å². The van der Waals surface area contributed by atoms with E-state index in [-0.39, 0.29) is 12.5 Å². The first kappa shape index (κ1) is 19.5. The van der Waals surface area contributed by atoms with Gasteiger partial charge in [0.1, 0.15) is 6.04 Å². The molecule has 4 N–H and O–H groups in total. The van der Waals surface area contributed by atoms with Gasteiger partial charge in [0, 0.05) is 24.9 Å². The van der Waals surface area contributed by atoms with Crippen molar-refractivity contribution in [3.63, 3.8) is 0 Å². The van der Waals surface area contributed by atoms with Crippen molar-refractivity contribution in [1.29, 1.82) is 0 Å². The summed E-state index contributed by atoms with van der Waals surface area (Å²) in [6, 6.07) is 1.98. The molecule has 142 valence electrons. The van der Waals surface area contributed by atoms with Gasteiger partial charge < -0.3 is 25.7 Å². The van der Waals surface area contributed by atoms with E-state index in [2.05, 4.69) is 20.9 Å². The number of ketones is 1. The van der Waals surface area contributed by atoms with Crippen molar-refractivity contribution in [1.82, 2.24) is 20.9 Å². The summed E-state index contributed by atoms with van der Waals surface area (Å²) in [6.07, 6.45) is 1.92. The van der Waals surface area contributed by atoms with Crippen LogP contribution in [0.2, 0.25) is 0 Å². The Balaban J connectivity index is 1.84. The third-order valence-corrected chi connectivity index (χ3v) is 4.06. The fraction of sp³-hybridized carbons (Fsp3) is 0.529. The monoisotopic (exact) mass is 364 g/mol. The van der Waals surface area contributed by atoms with Gasteiger partial charge in [-0.05, 0) is 24.5 Å². The molecule has 1 aliphatic heterocycles. The summed E-state index contributed by atoms with van der Waals surface area (Å²) in [5.74, 6) is -2.13. The van der Waals surface area contributed by atoms with Crippen molar-refractivity contribution >= 4 is 23.7 Å². The molecule has 1 aromatic rings. The number of rotatable bonds is 7. The van der Waals surface area contributed by atoms with Gasteiger partial charge in [-0.25, -0.2) is 4.79 Å². The van der Waals surface area contributed by atoms with Gasteiger partial charge in [-0.3, -0.25) is 14.4 Å². The van der Waals surface area contributed by atoms with E-state index in [1.54, 1.807) is 20.0 Å². The first-order valence-electron chi connectivity index (χ1n) is 8.56. The minimum Gasteiger partial charge on any atom is -0.449 e. The Labute approximate surface area is 151 Å². The van der Waals surface area contributed by atoms with Crippen LogP contribution in [0.1, 0.15) is 26.0 Å². The average molecular weight is 364 g/mol. The van der Waals surface area contributed by atoms with Crippen molar-refractivity contribution in [3.8, 4) is 0 Å². The summed E-state index contributed by atoms with van der Waals surface area (Å²) >= 11 is 0. The number of nitrogens with one attached hydrogen (secondary N) is 4. The highest BCUT2D eigenvalue weighted by molar-refractivity contribution is 6.39. The molecule has 1 aliphatic rings. The lowest BCUT2D eigenvalue weighted by molar-refractivity contribution is -0.142. The normalized spacial score (nSPS) is 18.2. The van der Waals surface area contributed by atoms with Crippen LogP contribution in [0.15, 0.2) is 18.3 Å². The lowest BCUT2D eigenvalue weighted by Gasteiger charge is -2.26. The number of carbonyl (C=O) groups is 4. The van der Waals surface area contributed by atoms with Gasteiger partial charge >= 0.3 is 6.09 Å². The number of hydrogen-bond donors (Lipinski definition) is 4. The molecule has 3 amide bonds. The highest BCUT2D eigenvalue weighted by atomic mass is 16.5. The third kappa shape index (κ3) is 5.33. The largest absolute Gasteiger partial charge is 0.449 e. The Morgan fingerprint density at radius 2 is 2.12 bits per heavy atom. The summed E-state index contributed by atoms with van der Waals surface area (Å²) in [5, 5.41) is 7.48. The van der Waals surface area contributed by atoms with Crippen LogP contribution in [0.25, 0.3) is 0 Å². The standard InChI is InChI=1S/C17H24N4O5/c1-10(2)13(15(23)20-12-5-8-19-16(24)14(12)22)21-17(25)26-9-6-11-4-3-7-18-11/h3-4,7,10,12-13,18H,5-6,8-9H2,1-2H3,(H,19,24)(H,20,23)(H,21,25). The van der Waals surface area contributed by atoms with E-state index >= 15 is 0 Å². The zero-order valence-electron chi connectivity index (χ0n) is 14.8. The Kier molecular flexibility index (Phi) is 6.76. The maximum atomic E-state index is 12.4. The SMILES string of the molecule is CC(C)C(NC(=O)OCCc1ccc[nH]1)C(=O)NC1CCNC(=O)C1=O. The number of aromatic nitrogens is 1. The molecule has 2 rings (SSSR count). The molecular formula is C17H24N4O5. The number of Topliss-reactive ketones (excluding diaryl/α,β-unsaturated/α-hetero) is 1. The summed E-state index contributed by atoms with van der Waals surface area (Å²) in [5.41, 5.74) is 0.935. The Bertz CT molecular complexity index is 656. The average Bonchev–Trinajstić information content (AvgIpc) is 3.10. The molecule has 0 radical (unpaired) electrons. The molecule has 1 saturated heterocycles. The minimum atomic E-state index is -0.872. The number of piperidine rings is 1. The predicted molar refractivity (Wildman–Crippen MR) is 92.2 cm³/mol. The van der Waals surface area contributed by atoms with Gasteiger partial charge in [-0.15, -0.1) is 0 Å². The molecule has 0 aromatic carbocycles. The molecule has 9 nitrogen and oxygen atoms in total. The van der Waals surface area contributed by atoms with Crippen LogP contribution in [0, 0.1) is 5.92 Å². The van der Waals surface area contributed by atoms with Crippen molar-refractivity contribution < 1.29 is 23.9 Å². The molecule has 1 fully saturated rings. The summed E-state index contributed by atoms with van der Waals surface area (Å²) in [7, 11) is 0. The molecule has 2 atom stereocenters. The quantitative estimate of drug-likeness (QED) is 0.501. The van der Waals surface area contributed by atoms with Crippen LogP contribution in [0.4, 0.5) is 4.79 Å². The second-order valence-corrected chi connectivity index (χ2v) is 6.42. The molecule has 1 aromatic heterocycles. The number of alkyl carbamates (subject to hydrolysis) is 1. The Hall–Kier alpha value is -2.84. The van der Waals surface area contributed by atoms with E-state index < -0.39 is 35.8 Å². The van der Waals surface area contributed by atoms with E-state index in [9.17, 15) is 19.2 Å². The van der Waals surface area contributed by atoms with Gasteiger partial charge in [-0.2, -0.15) is 0 Å². The highest BCUT2D eigenvalue weighted by Crippen LogP contribution is 2.06. The first-order chi connectivity index (χ1) is 12.4. The Morgan fingerprint density at radius 1 is 1.35 bits per heavy atom. The van der Waals surface area contributed by atoms with E-state index in [0.29, 0.717) is 19.4 Å². The summed E-state index contributed by atoms with van der Waals surface area (Å²) in [6.45, 7) is 4.01. The molecule has 0 aliphatic carbocycles. The molecule has 26 heavy (non-hydrogen) atoms. The van der Waals surface area contributed by atoms with Gasteiger partial charge in [0.15, 0.2) is 0 Å². The maximum Gasteiger partial charge on any atom is 0.407 e. The number of aromatic amines is 1. The lowest BCUT2D eigenvalue weighted by atomic mass is 10.0. The predicted octanol–water partition coefficient (Wildman–Crippen LogP) is -0.118. The molecular weight excluding hydrogens is 340 g/mol. The van der Waals surface area contributed by atoms with E-state index in [1.807, 2.05) is 12.1 Å². The van der Waals surface area contributed by atoms with Gasteiger partial charge in [0.05, 0.1) is 12.6 Å². The zero-order valence-corrected chi connectivity index (χ0v) is 14.8. The zero-order chi connectivity index (χ0) is 19.1. The molecule has 0 saturated carbocycles. The van der Waals surface area contributed by atoms with E-state index in [0.717, 1.165) is 5.69 Å². The summed E-state index contributed by atoms with van der Waals surface area (Å²) < 4.78 is 5.09. The van der Waals surface area contributed by atoms with Crippen LogP contribution in [0.5, 0.6) is 0 Å². The number of carbonyl (C=O) groups excluding carboxylic acids is 4. The second-order valence-electron chi connectivity index (χ2n) is 6.42. The number of H-pyrrole nitrogens is 1. The van der Waals surface area contributed by atoms with Gasteiger partial charge in [0.25, 0.3) is 5.91 Å². The topological polar surface area (TPSA) is 129 Å². The molecule has 9 heteroatoms. The fourth-order valence-electron chi connectivity index (χ4n) is 2.59. The van der Waals surface area contributed by atoms with Crippen molar-refractivity contribution in [2.24, 2.45) is 5.92 Å². The van der Waals surface area contributed by atoms with E-state index in [4.69, 9.17) is 4.74 Å². The van der Waals surface area contributed by atoms with Crippen LogP contribution in [-0.2, 0) is 25.5 Å². The van der Waals surface area contributed by atoms with Crippen molar-refractivity contribution in [2.75, 3.05) is 13.2 Å². The molecule has 0 spiro atoms. The van der Waals surface area contributed by atoms with Crippen molar-refractivity contribution in [2.45, 2.75) is 38.8 Å². The van der Waals surface area contributed by atoms with Crippen LogP contribution in [0.3, 0.4) is 0 Å². The smallest absolute Gasteiger partial charge is 0.407 e. The van der Waals surface area contributed by atoms with Gasteiger partial charge in [0.2, 0.25) is 11.7 Å². The fourth-order valence-corrected chi connectivity index (χ4v) is 2.59. The van der Waals surface area contributed by atoms with E-state index in [1.165, 1.54) is 0 Å². The summed E-state index contributed by atoms with van der Waals surface area (Å²) in [4.78, 5) is 50.5.